The number of amides is 1. The highest BCUT2D eigenvalue weighted by Gasteiger charge is 2.27. The van der Waals surface area contributed by atoms with Gasteiger partial charge in [0, 0.05) is 18.8 Å². The average Bonchev–Trinajstić information content (AvgIpc) is 2.95. The van der Waals surface area contributed by atoms with E-state index in [1.54, 1.807) is 0 Å². The molecule has 3 rings (SSSR count). The van der Waals surface area contributed by atoms with Gasteiger partial charge in [0.2, 0.25) is 0 Å². The molecule has 1 unspecified atom stereocenters. The molecule has 0 radical (unpaired) electrons. The van der Waals surface area contributed by atoms with Crippen molar-refractivity contribution in [3.05, 3.63) is 42.0 Å². The van der Waals surface area contributed by atoms with E-state index in [1.165, 1.54) is 12.8 Å². The van der Waals surface area contributed by atoms with Crippen LogP contribution < -0.4 is 5.73 Å². The summed E-state index contributed by atoms with van der Waals surface area (Å²) >= 11 is 0. The van der Waals surface area contributed by atoms with Gasteiger partial charge in [-0.05, 0) is 41.7 Å². The number of benzene rings is 2. The molecule has 0 saturated carbocycles. The van der Waals surface area contributed by atoms with E-state index < -0.39 is 0 Å². The van der Waals surface area contributed by atoms with Crippen molar-refractivity contribution in [2.24, 2.45) is 5.92 Å². The van der Waals surface area contributed by atoms with Crippen LogP contribution in [0.15, 0.2) is 36.4 Å². The Kier molecular flexibility index (Phi) is 3.82. The van der Waals surface area contributed by atoms with Crippen molar-refractivity contribution in [2.75, 3.05) is 18.8 Å². The number of nitrogens with zero attached hydrogens (tertiary/aromatic N) is 1. The number of rotatable bonds is 3. The Bertz CT molecular complexity index is 665. The van der Waals surface area contributed by atoms with Crippen LogP contribution in [0.3, 0.4) is 0 Å². The predicted octanol–water partition coefficient (Wildman–Crippen LogP) is 3.68. The number of likely N-dealkylation sites (tertiary alicyclic amines) is 1. The standard InChI is InChI=1S/C18H22N2O/c1-2-5-13-8-9-20(12-13)18(21)16-10-14-6-3-4-7-15(14)11-17(16)19/h3-4,6-7,10-11,13H,2,5,8-9,12,19H2,1H3. The summed E-state index contributed by atoms with van der Waals surface area (Å²) in [6, 6.07) is 11.9. The first-order valence-corrected chi connectivity index (χ1v) is 7.76. The zero-order chi connectivity index (χ0) is 14.8. The molecule has 1 saturated heterocycles. The smallest absolute Gasteiger partial charge is 0.255 e. The van der Waals surface area contributed by atoms with E-state index in [2.05, 4.69) is 6.92 Å². The second kappa shape index (κ2) is 5.76. The summed E-state index contributed by atoms with van der Waals surface area (Å²) in [5.74, 6) is 0.734. The molecule has 1 atom stereocenters. The Hall–Kier alpha value is -2.03. The van der Waals surface area contributed by atoms with Gasteiger partial charge in [0.1, 0.15) is 0 Å². The number of nitrogen functional groups attached to an aromatic ring is 1. The van der Waals surface area contributed by atoms with Crippen molar-refractivity contribution < 1.29 is 4.79 Å². The molecular weight excluding hydrogens is 260 g/mol. The van der Waals surface area contributed by atoms with Crippen LogP contribution in [0.4, 0.5) is 5.69 Å². The van der Waals surface area contributed by atoms with Crippen molar-refractivity contribution in [1.82, 2.24) is 4.90 Å². The monoisotopic (exact) mass is 282 g/mol. The molecule has 21 heavy (non-hydrogen) atoms. The van der Waals surface area contributed by atoms with Crippen LogP contribution in [0.1, 0.15) is 36.5 Å². The average molecular weight is 282 g/mol. The van der Waals surface area contributed by atoms with Crippen molar-refractivity contribution in [1.29, 1.82) is 0 Å². The van der Waals surface area contributed by atoms with Gasteiger partial charge in [-0.3, -0.25) is 4.79 Å². The van der Waals surface area contributed by atoms with Gasteiger partial charge >= 0.3 is 0 Å². The van der Waals surface area contributed by atoms with Gasteiger partial charge < -0.3 is 10.6 Å². The number of anilines is 1. The third-order valence-corrected chi connectivity index (χ3v) is 4.42. The summed E-state index contributed by atoms with van der Waals surface area (Å²) in [6.07, 6.45) is 3.51. The first-order valence-electron chi connectivity index (χ1n) is 7.76. The molecule has 110 valence electrons. The largest absolute Gasteiger partial charge is 0.398 e. The van der Waals surface area contributed by atoms with Crippen LogP contribution in [-0.2, 0) is 0 Å². The van der Waals surface area contributed by atoms with Crippen molar-refractivity contribution in [3.8, 4) is 0 Å². The van der Waals surface area contributed by atoms with Gasteiger partial charge in [-0.1, -0.05) is 37.6 Å². The summed E-state index contributed by atoms with van der Waals surface area (Å²) in [4.78, 5) is 14.7. The molecule has 2 N–H and O–H groups in total. The fraction of sp³-hybridized carbons (Fsp3) is 0.389. The number of fused-ring (bicyclic) bond motifs is 1. The molecule has 1 amide bonds. The molecular formula is C18H22N2O. The number of nitrogens with two attached hydrogens (primary N) is 1. The Balaban J connectivity index is 1.86. The second-order valence-corrected chi connectivity index (χ2v) is 5.98. The highest BCUT2D eigenvalue weighted by molar-refractivity contribution is 6.04. The Labute approximate surface area is 125 Å². The lowest BCUT2D eigenvalue weighted by Gasteiger charge is -2.18. The van der Waals surface area contributed by atoms with Gasteiger partial charge in [-0.2, -0.15) is 0 Å². The summed E-state index contributed by atoms with van der Waals surface area (Å²) in [7, 11) is 0. The van der Waals surface area contributed by atoms with E-state index in [9.17, 15) is 4.79 Å². The van der Waals surface area contributed by atoms with Gasteiger partial charge in [-0.15, -0.1) is 0 Å². The fourth-order valence-corrected chi connectivity index (χ4v) is 3.27. The molecule has 3 heteroatoms. The van der Waals surface area contributed by atoms with Gasteiger partial charge in [0.25, 0.3) is 5.91 Å². The van der Waals surface area contributed by atoms with Crippen LogP contribution in [0.2, 0.25) is 0 Å². The number of carbonyl (C=O) groups excluding carboxylic acids is 1. The molecule has 2 aromatic carbocycles. The third-order valence-electron chi connectivity index (χ3n) is 4.42. The lowest BCUT2D eigenvalue weighted by Crippen LogP contribution is -2.29. The molecule has 0 aromatic heterocycles. The Morgan fingerprint density at radius 1 is 1.29 bits per heavy atom. The summed E-state index contributed by atoms with van der Waals surface area (Å²) in [5.41, 5.74) is 7.33. The normalized spacial score (nSPS) is 18.3. The maximum atomic E-state index is 12.7. The minimum absolute atomic E-state index is 0.0804. The zero-order valence-electron chi connectivity index (χ0n) is 12.5. The summed E-state index contributed by atoms with van der Waals surface area (Å²) in [6.45, 7) is 3.93. The molecule has 1 aliphatic rings. The van der Waals surface area contributed by atoms with Crippen LogP contribution in [0.5, 0.6) is 0 Å². The molecule has 0 aliphatic carbocycles. The molecule has 2 aromatic rings. The Morgan fingerprint density at radius 3 is 2.71 bits per heavy atom. The molecule has 3 nitrogen and oxygen atoms in total. The number of hydrogen-bond acceptors (Lipinski definition) is 2. The molecule has 1 aliphatic heterocycles. The molecule has 1 heterocycles. The van der Waals surface area contributed by atoms with E-state index in [0.29, 0.717) is 17.2 Å². The van der Waals surface area contributed by atoms with E-state index in [0.717, 1.165) is 30.3 Å². The minimum Gasteiger partial charge on any atom is -0.398 e. The molecule has 0 spiro atoms. The van der Waals surface area contributed by atoms with Crippen LogP contribution >= 0.6 is 0 Å². The lowest BCUT2D eigenvalue weighted by atomic mass is 10.0. The van der Waals surface area contributed by atoms with Crippen LogP contribution in [-0.4, -0.2) is 23.9 Å². The molecule has 0 bridgehead atoms. The van der Waals surface area contributed by atoms with Crippen molar-refractivity contribution in [2.45, 2.75) is 26.2 Å². The Morgan fingerprint density at radius 2 is 2.00 bits per heavy atom. The fourth-order valence-electron chi connectivity index (χ4n) is 3.27. The lowest BCUT2D eigenvalue weighted by molar-refractivity contribution is 0.0787. The summed E-state index contributed by atoms with van der Waals surface area (Å²) < 4.78 is 0. The predicted molar refractivity (Wildman–Crippen MR) is 87.3 cm³/mol. The second-order valence-electron chi connectivity index (χ2n) is 5.98. The van der Waals surface area contributed by atoms with Gasteiger partial charge in [0.05, 0.1) is 5.56 Å². The van der Waals surface area contributed by atoms with Crippen molar-refractivity contribution in [3.63, 3.8) is 0 Å². The van der Waals surface area contributed by atoms with E-state index in [1.807, 2.05) is 41.3 Å². The van der Waals surface area contributed by atoms with Crippen molar-refractivity contribution >= 4 is 22.4 Å². The summed E-state index contributed by atoms with van der Waals surface area (Å²) in [5, 5.41) is 2.15. The quantitative estimate of drug-likeness (QED) is 0.873. The molecule has 1 fully saturated rings. The zero-order valence-corrected chi connectivity index (χ0v) is 12.5. The highest BCUT2D eigenvalue weighted by atomic mass is 16.2. The van der Waals surface area contributed by atoms with Crippen LogP contribution in [0, 0.1) is 5.92 Å². The first-order chi connectivity index (χ1) is 10.2. The van der Waals surface area contributed by atoms with Gasteiger partial charge in [0.15, 0.2) is 0 Å². The third kappa shape index (κ3) is 2.73. The number of hydrogen-bond donors (Lipinski definition) is 1. The van der Waals surface area contributed by atoms with E-state index in [-0.39, 0.29) is 5.91 Å². The van der Waals surface area contributed by atoms with E-state index in [4.69, 9.17) is 5.73 Å². The van der Waals surface area contributed by atoms with Gasteiger partial charge in [-0.25, -0.2) is 0 Å². The number of carbonyl (C=O) groups is 1. The first kappa shape index (κ1) is 13.9. The van der Waals surface area contributed by atoms with E-state index >= 15 is 0 Å². The minimum atomic E-state index is 0.0804. The topological polar surface area (TPSA) is 46.3 Å². The maximum Gasteiger partial charge on any atom is 0.255 e. The van der Waals surface area contributed by atoms with Crippen LogP contribution in [0.25, 0.3) is 10.8 Å². The SMILES string of the molecule is CCCC1CCN(C(=O)c2cc3ccccc3cc2N)C1. The highest BCUT2D eigenvalue weighted by Crippen LogP contribution is 2.27. The maximum absolute atomic E-state index is 12.7.